The summed E-state index contributed by atoms with van der Waals surface area (Å²) in [5.74, 6) is 0. The molecule has 1 atom stereocenters. The molecular formula is C7H15O3P. The lowest BCUT2D eigenvalue weighted by atomic mass is 10.4. The lowest BCUT2D eigenvalue weighted by molar-refractivity contribution is 0.212. The van der Waals surface area contributed by atoms with Gasteiger partial charge in [0.05, 0.1) is 13.2 Å². The molecule has 0 amide bonds. The van der Waals surface area contributed by atoms with Gasteiger partial charge in [-0.25, -0.2) is 0 Å². The maximum atomic E-state index is 8.98. The van der Waals surface area contributed by atoms with Gasteiger partial charge in [0.2, 0.25) is 0 Å². The molecule has 0 aliphatic rings. The molecule has 0 saturated heterocycles. The Bertz CT molecular complexity index is 97.7. The molecule has 0 heterocycles. The molecule has 3 nitrogen and oxygen atoms in total. The summed E-state index contributed by atoms with van der Waals surface area (Å²) in [6.07, 6.45) is 3.59. The second-order valence-electron chi connectivity index (χ2n) is 2.01. The molecule has 4 heteroatoms. The Balaban J connectivity index is 3.08. The van der Waals surface area contributed by atoms with Crippen molar-refractivity contribution in [2.24, 2.45) is 0 Å². The van der Waals surface area contributed by atoms with Crippen LogP contribution >= 0.6 is 8.60 Å². The third-order valence-electron chi connectivity index (χ3n) is 1.00. The van der Waals surface area contributed by atoms with E-state index in [0.29, 0.717) is 13.2 Å². The van der Waals surface area contributed by atoms with Gasteiger partial charge in [-0.05, 0) is 6.42 Å². The van der Waals surface area contributed by atoms with Crippen LogP contribution in [0.25, 0.3) is 0 Å². The highest BCUT2D eigenvalue weighted by Crippen LogP contribution is 2.32. The third-order valence-corrected chi connectivity index (χ3v) is 1.78. The maximum absolute atomic E-state index is 8.98. The Morgan fingerprint density at radius 3 is 2.82 bits per heavy atom. The monoisotopic (exact) mass is 178 g/mol. The van der Waals surface area contributed by atoms with Crippen molar-refractivity contribution in [3.05, 3.63) is 12.7 Å². The number of hydrogen-bond donors (Lipinski definition) is 1. The number of hydrogen-bond acceptors (Lipinski definition) is 3. The Morgan fingerprint density at radius 1 is 1.55 bits per heavy atom. The van der Waals surface area contributed by atoms with Gasteiger partial charge < -0.3 is 13.9 Å². The quantitative estimate of drug-likeness (QED) is 0.369. The van der Waals surface area contributed by atoms with Gasteiger partial charge in [-0.15, -0.1) is 6.58 Å². The van der Waals surface area contributed by atoms with E-state index in [1.807, 2.05) is 0 Å². The van der Waals surface area contributed by atoms with Gasteiger partial charge >= 0.3 is 8.60 Å². The molecule has 0 bridgehead atoms. The molecule has 0 radical (unpaired) electrons. The fourth-order valence-corrected chi connectivity index (χ4v) is 1.03. The standard InChI is InChI=1S/C7H15O3P/c1-3-5-7-10-11(8)9-6-4-2/h4,8H,2-3,5-7H2,1H3. The largest absolute Gasteiger partial charge is 0.330 e. The van der Waals surface area contributed by atoms with E-state index >= 15 is 0 Å². The first-order valence-corrected chi connectivity index (χ1v) is 4.80. The van der Waals surface area contributed by atoms with E-state index in [0.717, 1.165) is 12.8 Å². The van der Waals surface area contributed by atoms with Crippen molar-refractivity contribution in [1.29, 1.82) is 0 Å². The molecule has 1 unspecified atom stereocenters. The summed E-state index contributed by atoms with van der Waals surface area (Å²) >= 11 is 0. The zero-order valence-electron chi connectivity index (χ0n) is 6.82. The van der Waals surface area contributed by atoms with E-state index in [1.54, 1.807) is 6.08 Å². The Hall–Kier alpha value is 0.0500. The van der Waals surface area contributed by atoms with Crippen LogP contribution in [-0.2, 0) is 9.05 Å². The second kappa shape index (κ2) is 8.15. The van der Waals surface area contributed by atoms with E-state index in [-0.39, 0.29) is 0 Å². The third kappa shape index (κ3) is 7.95. The Morgan fingerprint density at radius 2 is 2.27 bits per heavy atom. The first-order chi connectivity index (χ1) is 5.31. The predicted molar refractivity (Wildman–Crippen MR) is 46.1 cm³/mol. The van der Waals surface area contributed by atoms with Crippen LogP contribution in [0, 0.1) is 0 Å². The van der Waals surface area contributed by atoms with E-state index in [1.165, 1.54) is 0 Å². The topological polar surface area (TPSA) is 38.7 Å². The van der Waals surface area contributed by atoms with Crippen molar-refractivity contribution in [2.75, 3.05) is 13.2 Å². The van der Waals surface area contributed by atoms with Crippen LogP contribution in [-0.4, -0.2) is 18.1 Å². The zero-order valence-corrected chi connectivity index (χ0v) is 7.72. The number of rotatable bonds is 7. The van der Waals surface area contributed by atoms with Gasteiger partial charge in [0, 0.05) is 0 Å². The molecule has 0 fully saturated rings. The summed E-state index contributed by atoms with van der Waals surface area (Å²) in [5.41, 5.74) is 0. The average Bonchev–Trinajstić information content (AvgIpc) is 2.01. The van der Waals surface area contributed by atoms with E-state index in [2.05, 4.69) is 13.5 Å². The highest BCUT2D eigenvalue weighted by Gasteiger charge is 2.03. The molecule has 0 aliphatic carbocycles. The molecule has 0 aromatic rings. The summed E-state index contributed by atoms with van der Waals surface area (Å²) < 4.78 is 9.75. The molecule has 0 aromatic carbocycles. The minimum Gasteiger partial charge on any atom is -0.328 e. The minimum atomic E-state index is -1.67. The van der Waals surface area contributed by atoms with Crippen LogP contribution in [0.1, 0.15) is 19.8 Å². The molecule has 66 valence electrons. The zero-order chi connectivity index (χ0) is 8.53. The summed E-state index contributed by atoms with van der Waals surface area (Å²) in [4.78, 5) is 8.98. The molecule has 1 N–H and O–H groups in total. The lowest BCUT2D eigenvalue weighted by Crippen LogP contribution is -1.92. The first kappa shape index (κ1) is 11.1. The van der Waals surface area contributed by atoms with Crippen LogP contribution in [0.3, 0.4) is 0 Å². The van der Waals surface area contributed by atoms with E-state index < -0.39 is 8.60 Å². The van der Waals surface area contributed by atoms with Gasteiger partial charge in [0.25, 0.3) is 0 Å². The van der Waals surface area contributed by atoms with E-state index in [4.69, 9.17) is 13.9 Å². The van der Waals surface area contributed by atoms with Gasteiger partial charge in [-0.2, -0.15) is 0 Å². The van der Waals surface area contributed by atoms with Crippen LogP contribution in [0.4, 0.5) is 0 Å². The highest BCUT2D eigenvalue weighted by molar-refractivity contribution is 7.40. The summed E-state index contributed by atoms with van der Waals surface area (Å²) in [7, 11) is -1.67. The number of unbranched alkanes of at least 4 members (excludes halogenated alkanes) is 1. The fraction of sp³-hybridized carbons (Fsp3) is 0.714. The normalized spacial score (nSPS) is 12.9. The Kier molecular flexibility index (Phi) is 8.19. The van der Waals surface area contributed by atoms with Crippen molar-refractivity contribution in [1.82, 2.24) is 0 Å². The molecule has 0 spiro atoms. The SMILES string of the molecule is C=CCOP(O)OCCCC. The molecule has 11 heavy (non-hydrogen) atoms. The van der Waals surface area contributed by atoms with Crippen molar-refractivity contribution in [3.8, 4) is 0 Å². The minimum absolute atomic E-state index is 0.342. The molecule has 0 saturated carbocycles. The summed E-state index contributed by atoms with van der Waals surface area (Å²) in [6.45, 7) is 6.42. The molecule has 0 aliphatic heterocycles. The average molecular weight is 178 g/mol. The van der Waals surface area contributed by atoms with Crippen LogP contribution in [0.2, 0.25) is 0 Å². The van der Waals surface area contributed by atoms with Crippen molar-refractivity contribution in [2.45, 2.75) is 19.8 Å². The second-order valence-corrected chi connectivity index (χ2v) is 3.00. The fourth-order valence-electron chi connectivity index (χ4n) is 0.441. The highest BCUT2D eigenvalue weighted by atomic mass is 31.2. The van der Waals surface area contributed by atoms with Crippen LogP contribution < -0.4 is 0 Å². The Labute approximate surface area is 69.0 Å². The van der Waals surface area contributed by atoms with Gasteiger partial charge in [0.1, 0.15) is 0 Å². The summed E-state index contributed by atoms with van der Waals surface area (Å²) in [6, 6.07) is 0. The van der Waals surface area contributed by atoms with Gasteiger partial charge in [0.15, 0.2) is 0 Å². The van der Waals surface area contributed by atoms with Crippen molar-refractivity contribution >= 4 is 8.60 Å². The maximum Gasteiger partial charge on any atom is 0.330 e. The van der Waals surface area contributed by atoms with Crippen LogP contribution in [0.15, 0.2) is 12.7 Å². The van der Waals surface area contributed by atoms with Crippen molar-refractivity contribution < 1.29 is 13.9 Å². The smallest absolute Gasteiger partial charge is 0.328 e. The van der Waals surface area contributed by atoms with Crippen LogP contribution in [0.5, 0.6) is 0 Å². The van der Waals surface area contributed by atoms with Gasteiger partial charge in [-0.3, -0.25) is 0 Å². The molecule has 0 aromatic heterocycles. The molecular weight excluding hydrogens is 163 g/mol. The lowest BCUT2D eigenvalue weighted by Gasteiger charge is -2.07. The van der Waals surface area contributed by atoms with Gasteiger partial charge in [-0.1, -0.05) is 19.4 Å². The van der Waals surface area contributed by atoms with Crippen molar-refractivity contribution in [3.63, 3.8) is 0 Å². The van der Waals surface area contributed by atoms with E-state index in [9.17, 15) is 0 Å². The first-order valence-electron chi connectivity index (χ1n) is 3.67. The molecule has 0 rings (SSSR count). The predicted octanol–water partition coefficient (Wildman–Crippen LogP) is 2.22. The summed E-state index contributed by atoms with van der Waals surface area (Å²) in [5, 5.41) is 0.